The van der Waals surface area contributed by atoms with E-state index in [1.165, 1.54) is 11.5 Å². The van der Waals surface area contributed by atoms with E-state index in [0.29, 0.717) is 5.44 Å². The van der Waals surface area contributed by atoms with Crippen LogP contribution in [0.25, 0.3) is 0 Å². The molecule has 2 nitrogen and oxygen atoms in total. The first-order chi connectivity index (χ1) is 7.08. The summed E-state index contributed by atoms with van der Waals surface area (Å²) in [7, 11) is 0. The molecule has 0 aromatic heterocycles. The van der Waals surface area contributed by atoms with Crippen LogP contribution in [0.2, 0.25) is 0 Å². The second-order valence-corrected chi connectivity index (χ2v) is 6.39. The van der Waals surface area contributed by atoms with Crippen molar-refractivity contribution < 1.29 is 9.84 Å². The van der Waals surface area contributed by atoms with Crippen molar-refractivity contribution in [2.45, 2.75) is 45.3 Å². The van der Waals surface area contributed by atoms with Gasteiger partial charge < -0.3 is 9.84 Å². The molecular formula is C11H26O2S2. The van der Waals surface area contributed by atoms with Crippen LogP contribution >= 0.6 is 23.5 Å². The summed E-state index contributed by atoms with van der Waals surface area (Å²) in [6.45, 7) is 11.6. The van der Waals surface area contributed by atoms with Crippen LogP contribution in [-0.4, -0.2) is 40.5 Å². The molecule has 0 aromatic carbocycles. The fourth-order valence-electron chi connectivity index (χ4n) is 0.810. The molecule has 1 aliphatic heterocycles. The molecule has 1 rings (SSSR count). The number of aliphatic hydroxyl groups excluding tert-OH is 1. The first-order valence-electron chi connectivity index (χ1n) is 5.54. The van der Waals surface area contributed by atoms with Gasteiger partial charge in [0.2, 0.25) is 0 Å². The van der Waals surface area contributed by atoms with Gasteiger partial charge in [0.1, 0.15) is 5.44 Å². The molecule has 0 aromatic rings. The molecule has 1 heterocycles. The summed E-state index contributed by atoms with van der Waals surface area (Å²) in [6.07, 6.45) is 0. The van der Waals surface area contributed by atoms with Crippen molar-refractivity contribution >= 4 is 23.5 Å². The highest BCUT2D eigenvalue weighted by molar-refractivity contribution is 8.00. The standard InChI is InChI=1S/C5H12S.C4H8OS.C2H6O/c1-4-6-5(2)3;1-4-5-2-3-6-4;1-2-3/h5H,4H2,1-3H3;4H,2-3H2,1H3;3H,2H2,1H3. The van der Waals surface area contributed by atoms with Gasteiger partial charge in [-0.3, -0.25) is 0 Å². The summed E-state index contributed by atoms with van der Waals surface area (Å²) in [6, 6.07) is 0. The highest BCUT2D eigenvalue weighted by Crippen LogP contribution is 2.17. The second kappa shape index (κ2) is 14.6. The maximum absolute atomic E-state index is 7.57. The molecule has 0 amide bonds. The Morgan fingerprint density at radius 1 is 1.47 bits per heavy atom. The minimum Gasteiger partial charge on any atom is -0.397 e. The van der Waals surface area contributed by atoms with Crippen LogP contribution in [0.3, 0.4) is 0 Å². The van der Waals surface area contributed by atoms with Gasteiger partial charge in [0.15, 0.2) is 0 Å². The fourth-order valence-corrected chi connectivity index (χ4v) is 2.19. The van der Waals surface area contributed by atoms with Gasteiger partial charge in [-0.1, -0.05) is 20.8 Å². The van der Waals surface area contributed by atoms with Gasteiger partial charge in [0.25, 0.3) is 0 Å². The lowest BCUT2D eigenvalue weighted by Gasteiger charge is -1.96. The van der Waals surface area contributed by atoms with Crippen molar-refractivity contribution in [3.8, 4) is 0 Å². The van der Waals surface area contributed by atoms with Gasteiger partial charge in [-0.2, -0.15) is 11.8 Å². The SMILES string of the molecule is CC1OCCS1.CCO.CCSC(C)C. The zero-order valence-corrected chi connectivity index (χ0v) is 12.3. The third kappa shape index (κ3) is 20.6. The normalized spacial score (nSPS) is 19.0. The molecule has 1 N–H and O–H groups in total. The molecule has 1 unspecified atom stereocenters. The van der Waals surface area contributed by atoms with Crippen LogP contribution in [-0.2, 0) is 4.74 Å². The number of thioether (sulfide) groups is 2. The minimum atomic E-state index is 0.250. The molecule has 1 saturated heterocycles. The topological polar surface area (TPSA) is 29.5 Å². The number of aliphatic hydroxyl groups is 1. The summed E-state index contributed by atoms with van der Waals surface area (Å²) in [4.78, 5) is 0. The first-order valence-corrected chi connectivity index (χ1v) is 7.63. The van der Waals surface area contributed by atoms with Gasteiger partial charge in [-0.25, -0.2) is 0 Å². The van der Waals surface area contributed by atoms with Gasteiger partial charge in [-0.05, 0) is 24.9 Å². The lowest BCUT2D eigenvalue weighted by atomic mass is 10.6. The summed E-state index contributed by atoms with van der Waals surface area (Å²) < 4.78 is 5.12. The molecule has 0 spiro atoms. The molecular weight excluding hydrogens is 228 g/mol. The number of hydrogen-bond acceptors (Lipinski definition) is 4. The number of ether oxygens (including phenoxy) is 1. The summed E-state index contributed by atoms with van der Waals surface area (Å²) in [5.41, 5.74) is 0.463. The second-order valence-electron chi connectivity index (χ2n) is 3.13. The molecule has 15 heavy (non-hydrogen) atoms. The van der Waals surface area contributed by atoms with Crippen molar-refractivity contribution in [3.63, 3.8) is 0 Å². The Hall–Kier alpha value is 0.620. The van der Waals surface area contributed by atoms with E-state index in [1.54, 1.807) is 6.92 Å². The molecule has 1 atom stereocenters. The smallest absolute Gasteiger partial charge is 0.100 e. The Kier molecular flexibility index (Phi) is 17.5. The number of rotatable bonds is 2. The Bertz CT molecular complexity index is 105. The summed E-state index contributed by atoms with van der Waals surface area (Å²) in [5.74, 6) is 2.43. The predicted octanol–water partition coefficient (Wildman–Crippen LogP) is 3.24. The summed E-state index contributed by atoms with van der Waals surface area (Å²) in [5, 5.41) is 8.38. The zero-order chi connectivity index (χ0) is 12.1. The van der Waals surface area contributed by atoms with E-state index in [-0.39, 0.29) is 6.61 Å². The number of hydrogen-bond donors (Lipinski definition) is 1. The van der Waals surface area contributed by atoms with Crippen LogP contribution in [0.15, 0.2) is 0 Å². The Morgan fingerprint density at radius 3 is 2.07 bits per heavy atom. The predicted molar refractivity (Wildman–Crippen MR) is 73.9 cm³/mol. The fraction of sp³-hybridized carbons (Fsp3) is 1.00. The third-order valence-corrected chi connectivity index (χ3v) is 3.30. The van der Waals surface area contributed by atoms with Crippen molar-refractivity contribution in [1.29, 1.82) is 0 Å². The van der Waals surface area contributed by atoms with Gasteiger partial charge in [0, 0.05) is 12.4 Å². The molecule has 0 bridgehead atoms. The Morgan fingerprint density at radius 2 is 2.00 bits per heavy atom. The average Bonchev–Trinajstić information content (AvgIpc) is 2.58. The molecule has 1 aliphatic rings. The Labute approximate surface area is 104 Å². The maximum atomic E-state index is 7.57. The van der Waals surface area contributed by atoms with E-state index in [4.69, 9.17) is 9.84 Å². The van der Waals surface area contributed by atoms with Crippen LogP contribution in [0.1, 0.15) is 34.6 Å². The lowest BCUT2D eigenvalue weighted by molar-refractivity contribution is 0.156. The zero-order valence-electron chi connectivity index (χ0n) is 10.7. The van der Waals surface area contributed by atoms with Crippen LogP contribution < -0.4 is 0 Å². The summed E-state index contributed by atoms with van der Waals surface area (Å²) >= 11 is 3.86. The van der Waals surface area contributed by atoms with Gasteiger partial charge in [-0.15, -0.1) is 11.8 Å². The van der Waals surface area contributed by atoms with Crippen molar-refractivity contribution in [3.05, 3.63) is 0 Å². The monoisotopic (exact) mass is 254 g/mol. The van der Waals surface area contributed by atoms with E-state index < -0.39 is 0 Å². The minimum absolute atomic E-state index is 0.250. The van der Waals surface area contributed by atoms with Gasteiger partial charge >= 0.3 is 0 Å². The molecule has 4 heteroatoms. The van der Waals surface area contributed by atoms with E-state index in [0.717, 1.165) is 11.9 Å². The molecule has 1 fully saturated rings. The lowest BCUT2D eigenvalue weighted by Crippen LogP contribution is -1.90. The largest absolute Gasteiger partial charge is 0.397 e. The maximum Gasteiger partial charge on any atom is 0.100 e. The van der Waals surface area contributed by atoms with E-state index in [1.807, 2.05) is 23.5 Å². The van der Waals surface area contributed by atoms with E-state index in [2.05, 4.69) is 27.7 Å². The van der Waals surface area contributed by atoms with Crippen LogP contribution in [0, 0.1) is 0 Å². The molecule has 0 aliphatic carbocycles. The van der Waals surface area contributed by atoms with Crippen molar-refractivity contribution in [2.24, 2.45) is 0 Å². The van der Waals surface area contributed by atoms with E-state index in [9.17, 15) is 0 Å². The van der Waals surface area contributed by atoms with Crippen LogP contribution in [0.4, 0.5) is 0 Å². The molecule has 0 saturated carbocycles. The third-order valence-electron chi connectivity index (χ3n) is 1.29. The molecule has 0 radical (unpaired) electrons. The van der Waals surface area contributed by atoms with E-state index >= 15 is 0 Å². The quantitative estimate of drug-likeness (QED) is 0.819. The van der Waals surface area contributed by atoms with Crippen LogP contribution in [0.5, 0.6) is 0 Å². The van der Waals surface area contributed by atoms with Crippen molar-refractivity contribution in [2.75, 3.05) is 24.7 Å². The molecule has 94 valence electrons. The van der Waals surface area contributed by atoms with Crippen molar-refractivity contribution in [1.82, 2.24) is 0 Å². The average molecular weight is 254 g/mol. The first kappa shape index (κ1) is 18.0. The highest BCUT2D eigenvalue weighted by atomic mass is 32.2. The van der Waals surface area contributed by atoms with Gasteiger partial charge in [0.05, 0.1) is 6.61 Å². The Balaban J connectivity index is 0. The highest BCUT2D eigenvalue weighted by Gasteiger charge is 2.07.